The number of carbonyl (C=O) groups is 1. The Kier molecular flexibility index (Phi) is 6.70. The maximum atomic E-state index is 12.7. The molecule has 0 radical (unpaired) electrons. The van der Waals surface area contributed by atoms with Crippen LogP contribution >= 0.6 is 27.7 Å². The fourth-order valence-electron chi connectivity index (χ4n) is 4.23. The summed E-state index contributed by atoms with van der Waals surface area (Å²) in [5.41, 5.74) is 3.27. The second-order valence-corrected chi connectivity index (χ2v) is 10.1. The number of nitrogens with zero attached hydrogens (tertiary/aromatic N) is 5. The van der Waals surface area contributed by atoms with Crippen LogP contribution in [0.15, 0.2) is 28.7 Å². The van der Waals surface area contributed by atoms with Gasteiger partial charge in [-0.3, -0.25) is 0 Å². The summed E-state index contributed by atoms with van der Waals surface area (Å²) in [6.45, 7) is 5.97. The van der Waals surface area contributed by atoms with Gasteiger partial charge in [-0.15, -0.1) is 0 Å². The summed E-state index contributed by atoms with van der Waals surface area (Å²) < 4.78 is 6.54. The first-order chi connectivity index (χ1) is 15.7. The second-order valence-electron chi connectivity index (χ2n) is 8.09. The number of thioether (sulfide) groups is 1. The van der Waals surface area contributed by atoms with Crippen molar-refractivity contribution in [2.75, 3.05) is 73.4 Å². The molecule has 0 aliphatic carbocycles. The molecule has 3 aliphatic rings. The highest BCUT2D eigenvalue weighted by Crippen LogP contribution is 2.33. The standard InChI is InChI=1S/C22H27BrN6O2S/c23-16-1-3-17(4-2-16)24-22(30)29-8-6-28(7-9-29)21-25-19-5-14-32-15-18(19)20(26-21)27-10-12-31-13-11-27/h1-4H,5-15H2,(H,24,30). The quantitative estimate of drug-likeness (QED) is 0.668. The zero-order valence-corrected chi connectivity index (χ0v) is 20.3. The number of halogens is 1. The van der Waals surface area contributed by atoms with Crippen LogP contribution in [0.4, 0.5) is 22.2 Å². The van der Waals surface area contributed by atoms with Gasteiger partial charge in [-0.25, -0.2) is 9.78 Å². The van der Waals surface area contributed by atoms with Crippen LogP contribution in [0.3, 0.4) is 0 Å². The fraction of sp³-hybridized carbons (Fsp3) is 0.500. The minimum absolute atomic E-state index is 0.0654. The van der Waals surface area contributed by atoms with Gasteiger partial charge in [0, 0.05) is 60.7 Å². The molecule has 1 aromatic heterocycles. The normalized spacial score (nSPS) is 19.0. The van der Waals surface area contributed by atoms with E-state index in [4.69, 9.17) is 14.7 Å². The van der Waals surface area contributed by atoms with Crippen molar-refractivity contribution in [3.63, 3.8) is 0 Å². The third kappa shape index (κ3) is 4.82. The minimum atomic E-state index is -0.0654. The summed E-state index contributed by atoms with van der Waals surface area (Å²) in [6, 6.07) is 7.57. The molecule has 2 aromatic rings. The molecule has 0 saturated carbocycles. The lowest BCUT2D eigenvalue weighted by Gasteiger charge is -2.36. The van der Waals surface area contributed by atoms with Crippen LogP contribution in [0.2, 0.25) is 0 Å². The average molecular weight is 519 g/mol. The number of rotatable bonds is 3. The molecule has 170 valence electrons. The molecule has 2 fully saturated rings. The minimum Gasteiger partial charge on any atom is -0.378 e. The molecule has 0 atom stereocenters. The maximum absolute atomic E-state index is 12.7. The first-order valence-corrected chi connectivity index (χ1v) is 13.0. The Bertz CT molecular complexity index is 962. The summed E-state index contributed by atoms with van der Waals surface area (Å²) in [4.78, 5) is 29.1. The zero-order chi connectivity index (χ0) is 21.9. The smallest absolute Gasteiger partial charge is 0.321 e. The largest absolute Gasteiger partial charge is 0.378 e. The molecule has 1 N–H and O–H groups in total. The van der Waals surface area contributed by atoms with Gasteiger partial charge < -0.3 is 24.8 Å². The van der Waals surface area contributed by atoms with Gasteiger partial charge in [0.2, 0.25) is 5.95 Å². The van der Waals surface area contributed by atoms with Crippen LogP contribution in [0, 0.1) is 0 Å². The van der Waals surface area contributed by atoms with Crippen molar-refractivity contribution in [1.29, 1.82) is 0 Å². The number of fused-ring (bicyclic) bond motifs is 1. The highest BCUT2D eigenvalue weighted by Gasteiger charge is 2.27. The Morgan fingerprint density at radius 3 is 2.50 bits per heavy atom. The molecule has 3 aliphatic heterocycles. The molecule has 2 amide bonds. The highest BCUT2D eigenvalue weighted by molar-refractivity contribution is 9.10. The van der Waals surface area contributed by atoms with Crippen LogP contribution in [0.5, 0.6) is 0 Å². The van der Waals surface area contributed by atoms with E-state index in [2.05, 4.69) is 31.0 Å². The van der Waals surface area contributed by atoms with E-state index < -0.39 is 0 Å². The van der Waals surface area contributed by atoms with Crippen molar-refractivity contribution < 1.29 is 9.53 Å². The van der Waals surface area contributed by atoms with E-state index in [9.17, 15) is 4.79 Å². The van der Waals surface area contributed by atoms with Crippen molar-refractivity contribution >= 4 is 51.2 Å². The van der Waals surface area contributed by atoms with Gasteiger partial charge >= 0.3 is 6.03 Å². The molecule has 1 aromatic carbocycles. The number of ether oxygens (including phenoxy) is 1. The number of nitrogens with one attached hydrogen (secondary N) is 1. The van der Waals surface area contributed by atoms with E-state index >= 15 is 0 Å². The summed E-state index contributed by atoms with van der Waals surface area (Å²) in [7, 11) is 0. The van der Waals surface area contributed by atoms with Crippen LogP contribution in [-0.4, -0.2) is 79.1 Å². The van der Waals surface area contributed by atoms with Crippen molar-refractivity contribution in [3.05, 3.63) is 40.0 Å². The van der Waals surface area contributed by atoms with E-state index in [0.717, 1.165) is 79.2 Å². The van der Waals surface area contributed by atoms with Gasteiger partial charge in [-0.1, -0.05) is 15.9 Å². The van der Waals surface area contributed by atoms with E-state index in [1.807, 2.05) is 40.9 Å². The molecule has 8 nitrogen and oxygen atoms in total. The van der Waals surface area contributed by atoms with E-state index in [1.54, 1.807) is 0 Å². The number of anilines is 3. The Morgan fingerprint density at radius 1 is 1.00 bits per heavy atom. The first kappa shape index (κ1) is 21.8. The van der Waals surface area contributed by atoms with Crippen molar-refractivity contribution in [1.82, 2.24) is 14.9 Å². The number of piperazine rings is 1. The number of urea groups is 1. The lowest BCUT2D eigenvalue weighted by atomic mass is 10.1. The average Bonchev–Trinajstić information content (AvgIpc) is 2.85. The summed E-state index contributed by atoms with van der Waals surface area (Å²) >= 11 is 5.38. The number of hydrogen-bond acceptors (Lipinski definition) is 7. The van der Waals surface area contributed by atoms with Crippen LogP contribution in [0.1, 0.15) is 11.3 Å². The first-order valence-electron chi connectivity index (χ1n) is 11.0. The number of aryl methyl sites for hydroxylation is 1. The third-order valence-corrected chi connectivity index (χ3v) is 7.56. The van der Waals surface area contributed by atoms with Gasteiger partial charge in [0.1, 0.15) is 5.82 Å². The fourth-order valence-corrected chi connectivity index (χ4v) is 5.47. The van der Waals surface area contributed by atoms with Gasteiger partial charge in [0.25, 0.3) is 0 Å². The summed E-state index contributed by atoms with van der Waals surface area (Å²) in [5, 5.41) is 2.98. The number of morpholine rings is 1. The predicted molar refractivity (Wildman–Crippen MR) is 132 cm³/mol. The van der Waals surface area contributed by atoms with Gasteiger partial charge in [0.05, 0.1) is 18.9 Å². The molecule has 10 heteroatoms. The Balaban J connectivity index is 1.27. The lowest BCUT2D eigenvalue weighted by molar-refractivity contribution is 0.122. The van der Waals surface area contributed by atoms with Gasteiger partial charge in [-0.2, -0.15) is 16.7 Å². The third-order valence-electron chi connectivity index (χ3n) is 6.04. The number of carbonyl (C=O) groups excluding carboxylic acids is 1. The topological polar surface area (TPSA) is 73.8 Å². The molecule has 4 heterocycles. The molecule has 0 bridgehead atoms. The Labute approximate surface area is 200 Å². The summed E-state index contributed by atoms with van der Waals surface area (Å²) in [6.07, 6.45) is 0.989. The SMILES string of the molecule is O=C(Nc1ccc(Br)cc1)N1CCN(c2nc3c(c(N4CCOCC4)n2)CSCC3)CC1. The number of aromatic nitrogens is 2. The van der Waals surface area contributed by atoms with Crippen LogP contribution in [0.25, 0.3) is 0 Å². The number of benzene rings is 1. The molecule has 0 spiro atoms. The molecule has 32 heavy (non-hydrogen) atoms. The Morgan fingerprint density at radius 2 is 1.75 bits per heavy atom. The molecule has 5 rings (SSSR count). The lowest BCUT2D eigenvalue weighted by Crippen LogP contribution is -2.50. The van der Waals surface area contributed by atoms with Crippen LogP contribution < -0.4 is 15.1 Å². The van der Waals surface area contributed by atoms with Crippen molar-refractivity contribution in [2.45, 2.75) is 12.2 Å². The van der Waals surface area contributed by atoms with Gasteiger partial charge in [-0.05, 0) is 36.4 Å². The van der Waals surface area contributed by atoms with Crippen molar-refractivity contribution in [2.24, 2.45) is 0 Å². The number of amides is 2. The summed E-state index contributed by atoms with van der Waals surface area (Å²) in [5.74, 6) is 3.96. The van der Waals surface area contributed by atoms with E-state index in [-0.39, 0.29) is 6.03 Å². The predicted octanol–water partition coefficient (Wildman–Crippen LogP) is 3.22. The zero-order valence-electron chi connectivity index (χ0n) is 17.9. The van der Waals surface area contributed by atoms with E-state index in [0.29, 0.717) is 13.1 Å². The van der Waals surface area contributed by atoms with Crippen LogP contribution in [-0.2, 0) is 16.9 Å². The van der Waals surface area contributed by atoms with Crippen molar-refractivity contribution in [3.8, 4) is 0 Å². The second kappa shape index (κ2) is 9.84. The molecule has 0 unspecified atom stereocenters. The molecule has 2 saturated heterocycles. The Hall–Kier alpha value is -2.04. The highest BCUT2D eigenvalue weighted by atomic mass is 79.9. The van der Waals surface area contributed by atoms with E-state index in [1.165, 1.54) is 11.3 Å². The number of hydrogen-bond donors (Lipinski definition) is 1. The maximum Gasteiger partial charge on any atom is 0.321 e. The van der Waals surface area contributed by atoms with Gasteiger partial charge in [0.15, 0.2) is 0 Å². The molecular weight excluding hydrogens is 492 g/mol. The monoisotopic (exact) mass is 518 g/mol. The molecular formula is C22H27BrN6O2S.